The van der Waals surface area contributed by atoms with Gasteiger partial charge in [-0.1, -0.05) is 51.7 Å². The van der Waals surface area contributed by atoms with Gasteiger partial charge in [0.1, 0.15) is 17.1 Å². The SMILES string of the molecule is COC(=O)c1cccc(-c2noc(C34CCC(OCc5c(-c6c(Cl)cccc6Cl)noc5C5CC5)(CC3)CO4)n2)c1. The van der Waals surface area contributed by atoms with Gasteiger partial charge in [0.05, 0.1) is 41.5 Å². The number of rotatable bonds is 8. The van der Waals surface area contributed by atoms with Gasteiger partial charge in [-0.2, -0.15) is 4.98 Å². The third kappa shape index (κ3) is 4.74. The number of carbonyl (C=O) groups is 1. The van der Waals surface area contributed by atoms with Crippen LogP contribution < -0.4 is 0 Å². The number of halogens is 2. The number of benzene rings is 2. The van der Waals surface area contributed by atoms with Crippen LogP contribution >= 0.6 is 23.2 Å². The van der Waals surface area contributed by atoms with Gasteiger partial charge in [0.25, 0.3) is 5.89 Å². The fourth-order valence-corrected chi connectivity index (χ4v) is 6.41. The van der Waals surface area contributed by atoms with E-state index in [0.29, 0.717) is 76.1 Å². The maximum atomic E-state index is 11.9. The van der Waals surface area contributed by atoms with E-state index in [4.69, 9.17) is 46.5 Å². The van der Waals surface area contributed by atoms with Gasteiger partial charge >= 0.3 is 5.97 Å². The lowest BCUT2D eigenvalue weighted by Gasteiger charge is -2.50. The zero-order chi connectivity index (χ0) is 28.2. The summed E-state index contributed by atoms with van der Waals surface area (Å²) in [4.78, 5) is 16.6. The van der Waals surface area contributed by atoms with Crippen LogP contribution in [0.3, 0.4) is 0 Å². The van der Waals surface area contributed by atoms with E-state index in [1.54, 1.807) is 30.3 Å². The molecule has 11 heteroatoms. The van der Waals surface area contributed by atoms with Crippen LogP contribution in [0.5, 0.6) is 0 Å². The number of esters is 1. The monoisotopic (exact) mass is 595 g/mol. The van der Waals surface area contributed by atoms with Gasteiger partial charge in [-0.25, -0.2) is 4.79 Å². The molecule has 0 unspecified atom stereocenters. The maximum absolute atomic E-state index is 11.9. The molecule has 2 bridgehead atoms. The molecule has 2 saturated carbocycles. The number of aromatic nitrogens is 3. The maximum Gasteiger partial charge on any atom is 0.337 e. The van der Waals surface area contributed by atoms with Crippen molar-refractivity contribution in [2.45, 2.75) is 62.3 Å². The minimum Gasteiger partial charge on any atom is -0.465 e. The fourth-order valence-electron chi connectivity index (χ4n) is 5.83. The lowest BCUT2D eigenvalue weighted by molar-refractivity contribution is -0.250. The number of hydrogen-bond acceptors (Lipinski definition) is 9. The standard InChI is InChI=1S/C30H27Cl2N3O6/c1-37-27(36)19-5-2-4-18(14-19)26-33-28(41-35-26)30-12-10-29(11-13-30,16-39-30)38-15-20-24(34-40-25(20)17-8-9-17)23-21(31)6-3-7-22(23)32/h2-7,14,17H,8-13,15-16H2,1H3. The van der Waals surface area contributed by atoms with Crippen molar-refractivity contribution in [2.24, 2.45) is 0 Å². The Morgan fingerprint density at radius 1 is 1.02 bits per heavy atom. The first-order valence-corrected chi connectivity index (χ1v) is 14.4. The first-order valence-electron chi connectivity index (χ1n) is 13.6. The number of nitrogens with zero attached hydrogens (tertiary/aromatic N) is 3. The third-order valence-corrected chi connectivity index (χ3v) is 9.06. The summed E-state index contributed by atoms with van der Waals surface area (Å²) < 4.78 is 29.4. The highest BCUT2D eigenvalue weighted by Crippen LogP contribution is 2.52. The van der Waals surface area contributed by atoms with E-state index in [0.717, 1.165) is 37.0 Å². The predicted octanol–water partition coefficient (Wildman–Crippen LogP) is 7.12. The van der Waals surface area contributed by atoms with Crippen molar-refractivity contribution in [3.05, 3.63) is 75.3 Å². The Bertz CT molecular complexity index is 1580. The van der Waals surface area contributed by atoms with E-state index in [9.17, 15) is 4.79 Å². The number of fused-ring (bicyclic) bond motifs is 3. The molecule has 0 spiro atoms. The highest BCUT2D eigenvalue weighted by molar-refractivity contribution is 6.39. The molecule has 0 radical (unpaired) electrons. The van der Waals surface area contributed by atoms with Gasteiger partial charge in [-0.05, 0) is 62.8 Å². The van der Waals surface area contributed by atoms with Crippen LogP contribution in [-0.2, 0) is 26.4 Å². The van der Waals surface area contributed by atoms with Gasteiger partial charge < -0.3 is 23.3 Å². The Morgan fingerprint density at radius 2 is 1.78 bits per heavy atom. The van der Waals surface area contributed by atoms with Crippen LogP contribution in [0.4, 0.5) is 0 Å². The summed E-state index contributed by atoms with van der Waals surface area (Å²) in [6, 6.07) is 12.4. The molecular formula is C30H27Cl2N3O6. The summed E-state index contributed by atoms with van der Waals surface area (Å²) in [5, 5.41) is 9.60. The van der Waals surface area contributed by atoms with Gasteiger partial charge in [-0.3, -0.25) is 0 Å². The molecular weight excluding hydrogens is 569 g/mol. The van der Waals surface area contributed by atoms with Crippen molar-refractivity contribution >= 4 is 29.2 Å². The fraction of sp³-hybridized carbons (Fsp3) is 0.400. The van der Waals surface area contributed by atoms with Gasteiger partial charge in [0, 0.05) is 22.6 Å². The normalized spacial score (nSPS) is 23.6. The van der Waals surface area contributed by atoms with Gasteiger partial charge in [-0.15, -0.1) is 0 Å². The van der Waals surface area contributed by atoms with Gasteiger partial charge in [0.15, 0.2) is 0 Å². The lowest BCUT2D eigenvalue weighted by atomic mass is 9.73. The zero-order valence-corrected chi connectivity index (χ0v) is 23.8. The molecule has 9 nitrogen and oxygen atoms in total. The molecule has 4 fully saturated rings. The summed E-state index contributed by atoms with van der Waals surface area (Å²) in [7, 11) is 1.35. The predicted molar refractivity (Wildman–Crippen MR) is 149 cm³/mol. The second-order valence-corrected chi connectivity index (χ2v) is 11.8. The third-order valence-electron chi connectivity index (χ3n) is 8.43. The number of carbonyl (C=O) groups excluding carboxylic acids is 1. The topological polar surface area (TPSA) is 110 Å². The highest BCUT2D eigenvalue weighted by atomic mass is 35.5. The number of hydrogen-bond donors (Lipinski definition) is 0. The van der Waals surface area contributed by atoms with Gasteiger partial charge in [0.2, 0.25) is 5.82 Å². The first kappa shape index (κ1) is 26.6. The summed E-state index contributed by atoms with van der Waals surface area (Å²) in [6.07, 6.45) is 5.03. The second-order valence-electron chi connectivity index (χ2n) is 11.0. The number of ether oxygens (including phenoxy) is 3. The van der Waals surface area contributed by atoms with Crippen molar-refractivity contribution < 1.29 is 28.1 Å². The Labute approximate surface area is 246 Å². The van der Waals surface area contributed by atoms with Crippen LogP contribution in [0, 0.1) is 0 Å². The van der Waals surface area contributed by atoms with Crippen molar-refractivity contribution in [1.82, 2.24) is 15.3 Å². The van der Waals surface area contributed by atoms with E-state index in [2.05, 4.69) is 15.3 Å². The highest BCUT2D eigenvalue weighted by Gasteiger charge is 2.54. The van der Waals surface area contributed by atoms with Crippen LogP contribution in [0.15, 0.2) is 51.5 Å². The molecule has 8 rings (SSSR count). The Hall–Kier alpha value is -3.24. The van der Waals surface area contributed by atoms with E-state index < -0.39 is 17.2 Å². The molecule has 4 aliphatic rings. The molecule has 0 amide bonds. The molecule has 2 aliphatic carbocycles. The largest absolute Gasteiger partial charge is 0.465 e. The van der Waals surface area contributed by atoms with Crippen molar-refractivity contribution in [3.8, 4) is 22.6 Å². The average Bonchev–Trinajstić information content (AvgIpc) is 3.56. The molecule has 2 saturated heterocycles. The molecule has 2 aliphatic heterocycles. The molecule has 212 valence electrons. The van der Waals surface area contributed by atoms with Crippen LogP contribution in [0.2, 0.25) is 10.0 Å². The summed E-state index contributed by atoms with van der Waals surface area (Å²) in [6.45, 7) is 0.721. The Balaban J connectivity index is 1.08. The Morgan fingerprint density at radius 3 is 2.46 bits per heavy atom. The first-order chi connectivity index (χ1) is 19.9. The van der Waals surface area contributed by atoms with E-state index in [-0.39, 0.29) is 0 Å². The average molecular weight is 596 g/mol. The summed E-state index contributed by atoms with van der Waals surface area (Å²) >= 11 is 13.1. The molecule has 0 atom stereocenters. The molecule has 4 heterocycles. The van der Waals surface area contributed by atoms with E-state index >= 15 is 0 Å². The molecule has 41 heavy (non-hydrogen) atoms. The summed E-state index contributed by atoms with van der Waals surface area (Å²) in [5.74, 6) is 1.60. The quantitative estimate of drug-likeness (QED) is 0.196. The Kier molecular flexibility index (Phi) is 6.65. The van der Waals surface area contributed by atoms with E-state index in [1.165, 1.54) is 7.11 Å². The number of methoxy groups -OCH3 is 1. The van der Waals surface area contributed by atoms with E-state index in [1.807, 2.05) is 12.1 Å². The zero-order valence-electron chi connectivity index (χ0n) is 22.3. The molecule has 0 N–H and O–H groups in total. The summed E-state index contributed by atoms with van der Waals surface area (Å²) in [5.41, 5.74) is 2.17. The van der Waals surface area contributed by atoms with Crippen molar-refractivity contribution in [1.29, 1.82) is 0 Å². The van der Waals surface area contributed by atoms with Crippen molar-refractivity contribution in [2.75, 3.05) is 13.7 Å². The lowest BCUT2D eigenvalue weighted by Crippen LogP contribution is -2.54. The van der Waals surface area contributed by atoms with Crippen LogP contribution in [0.1, 0.15) is 72.0 Å². The van der Waals surface area contributed by atoms with Crippen molar-refractivity contribution in [3.63, 3.8) is 0 Å². The minimum atomic E-state index is -0.664. The minimum absolute atomic E-state index is 0.323. The second kappa shape index (κ2) is 10.2. The molecule has 4 aromatic rings. The smallest absolute Gasteiger partial charge is 0.337 e. The van der Waals surface area contributed by atoms with Crippen LogP contribution in [-0.4, -0.2) is 40.6 Å². The molecule has 2 aromatic carbocycles. The molecule has 2 aromatic heterocycles. The van der Waals surface area contributed by atoms with Crippen LogP contribution in [0.25, 0.3) is 22.6 Å².